The number of Topliss-reactive ketones (excluding diaryl/α,β-unsaturated/α-hetero) is 1. The van der Waals surface area contributed by atoms with Gasteiger partial charge in [0.1, 0.15) is 12.1 Å². The molecule has 9 nitrogen and oxygen atoms in total. The van der Waals surface area contributed by atoms with E-state index in [9.17, 15) is 32.3 Å². The molecule has 0 aromatic heterocycles. The SMILES string of the molecule is C=N/C=C(\C=NC)C(=O)N[C@@H](Cc1cccc(Cl)c1)C(=O)N[C@@H](Cc1ccccc1)C(=O)N[C@H](C(=O)C(F)(F)F)C(C)C. The number of rotatable bonds is 14. The number of hydrogen-bond acceptors (Lipinski definition) is 6. The molecule has 0 aliphatic rings. The highest BCUT2D eigenvalue weighted by Gasteiger charge is 2.45. The maximum absolute atomic E-state index is 13.6. The first kappa shape index (κ1) is 34.9. The Hall–Kier alpha value is -4.32. The third kappa shape index (κ3) is 11.1. The second-order valence-corrected chi connectivity index (χ2v) is 10.3. The zero-order chi connectivity index (χ0) is 32.2. The molecule has 2 rings (SSSR count). The minimum absolute atomic E-state index is 0.00888. The summed E-state index contributed by atoms with van der Waals surface area (Å²) in [6.07, 6.45) is -2.99. The van der Waals surface area contributed by atoms with Gasteiger partial charge in [0, 0.05) is 37.3 Å². The first-order valence-corrected chi connectivity index (χ1v) is 13.5. The van der Waals surface area contributed by atoms with E-state index in [4.69, 9.17) is 11.6 Å². The van der Waals surface area contributed by atoms with Gasteiger partial charge >= 0.3 is 6.18 Å². The molecule has 3 amide bonds. The van der Waals surface area contributed by atoms with Crippen LogP contribution in [0.15, 0.2) is 76.4 Å². The Morgan fingerprint density at radius 1 is 0.907 bits per heavy atom. The van der Waals surface area contributed by atoms with Crippen LogP contribution in [0.3, 0.4) is 0 Å². The van der Waals surface area contributed by atoms with Gasteiger partial charge in [0.2, 0.25) is 11.8 Å². The van der Waals surface area contributed by atoms with Gasteiger partial charge in [0.25, 0.3) is 11.7 Å². The number of aliphatic imine (C=N–C) groups is 2. The van der Waals surface area contributed by atoms with Crippen LogP contribution in [0, 0.1) is 5.92 Å². The van der Waals surface area contributed by atoms with Gasteiger partial charge in [0.05, 0.1) is 11.6 Å². The van der Waals surface area contributed by atoms with Gasteiger partial charge in [-0.15, -0.1) is 0 Å². The van der Waals surface area contributed by atoms with Crippen molar-refractivity contribution in [1.82, 2.24) is 16.0 Å². The normalized spacial score (nSPS) is 14.1. The molecule has 0 aliphatic heterocycles. The van der Waals surface area contributed by atoms with E-state index in [-0.39, 0.29) is 18.4 Å². The predicted molar refractivity (Wildman–Crippen MR) is 159 cm³/mol. The van der Waals surface area contributed by atoms with Gasteiger partial charge in [-0.3, -0.25) is 29.2 Å². The Labute approximate surface area is 252 Å². The van der Waals surface area contributed by atoms with Crippen molar-refractivity contribution in [1.29, 1.82) is 0 Å². The quantitative estimate of drug-likeness (QED) is 0.220. The van der Waals surface area contributed by atoms with E-state index in [0.717, 1.165) is 6.20 Å². The highest BCUT2D eigenvalue weighted by Crippen LogP contribution is 2.21. The molecule has 3 atom stereocenters. The molecule has 0 radical (unpaired) electrons. The molecule has 43 heavy (non-hydrogen) atoms. The highest BCUT2D eigenvalue weighted by molar-refractivity contribution is 6.30. The molecule has 0 aliphatic carbocycles. The van der Waals surface area contributed by atoms with Gasteiger partial charge in [0.15, 0.2) is 0 Å². The van der Waals surface area contributed by atoms with Gasteiger partial charge in [-0.25, -0.2) is 0 Å². The number of benzene rings is 2. The van der Waals surface area contributed by atoms with Crippen LogP contribution < -0.4 is 16.0 Å². The van der Waals surface area contributed by atoms with Crippen LogP contribution in [-0.2, 0) is 32.0 Å². The molecule has 0 saturated carbocycles. The number of carbonyl (C=O) groups excluding carboxylic acids is 4. The van der Waals surface area contributed by atoms with E-state index in [1.807, 2.05) is 0 Å². The summed E-state index contributed by atoms with van der Waals surface area (Å²) in [4.78, 5) is 59.4. The van der Waals surface area contributed by atoms with Crippen LogP contribution in [0.25, 0.3) is 0 Å². The van der Waals surface area contributed by atoms with Crippen molar-refractivity contribution in [3.8, 4) is 0 Å². The smallest absolute Gasteiger partial charge is 0.344 e. The zero-order valence-electron chi connectivity index (χ0n) is 23.8. The lowest BCUT2D eigenvalue weighted by atomic mass is 9.97. The van der Waals surface area contributed by atoms with Gasteiger partial charge in [-0.1, -0.05) is 67.9 Å². The highest BCUT2D eigenvalue weighted by atomic mass is 35.5. The summed E-state index contributed by atoms with van der Waals surface area (Å²) in [6, 6.07) is 10.4. The lowest BCUT2D eigenvalue weighted by molar-refractivity contribution is -0.175. The van der Waals surface area contributed by atoms with E-state index >= 15 is 0 Å². The first-order valence-electron chi connectivity index (χ1n) is 13.2. The monoisotopic (exact) mass is 619 g/mol. The number of amides is 3. The van der Waals surface area contributed by atoms with Gasteiger partial charge < -0.3 is 16.0 Å². The van der Waals surface area contributed by atoms with Crippen molar-refractivity contribution in [3.05, 3.63) is 82.5 Å². The van der Waals surface area contributed by atoms with Crippen molar-refractivity contribution in [2.75, 3.05) is 7.05 Å². The standard InChI is InChI=1S/C30H33ClF3N5O4/c1-18(2)25(26(40)30(32,33)34)39-29(43)23(14-19-9-6-5-7-10-19)38-28(42)24(15-20-11-8-12-22(31)13-20)37-27(41)21(16-35-3)17-36-4/h5-13,16-18,23-25H,3,14-15H2,1-2,4H3,(H,37,41)(H,38,42)(H,39,43)/b21-16+,36-17?/t23-,24-,25-/m0/s1. The summed E-state index contributed by atoms with van der Waals surface area (Å²) in [6.45, 7) is 6.04. The van der Waals surface area contributed by atoms with Crippen molar-refractivity contribution >= 4 is 48.0 Å². The molecule has 2 aromatic rings. The molecule has 13 heteroatoms. The molecule has 0 saturated heterocycles. The number of nitrogens with zero attached hydrogens (tertiary/aromatic N) is 2. The Morgan fingerprint density at radius 3 is 2.05 bits per heavy atom. The lowest BCUT2D eigenvalue weighted by Gasteiger charge is -2.27. The molecule has 0 heterocycles. The van der Waals surface area contributed by atoms with Crippen molar-refractivity contribution < 1.29 is 32.3 Å². The summed E-state index contributed by atoms with van der Waals surface area (Å²) >= 11 is 6.10. The van der Waals surface area contributed by atoms with Crippen molar-refractivity contribution in [2.24, 2.45) is 15.9 Å². The molecule has 0 spiro atoms. The molecule has 0 bridgehead atoms. The summed E-state index contributed by atoms with van der Waals surface area (Å²) in [7, 11) is 1.43. The van der Waals surface area contributed by atoms with E-state index in [1.54, 1.807) is 54.6 Å². The fraction of sp³-hybridized carbons (Fsp3) is 0.333. The van der Waals surface area contributed by atoms with Crippen LogP contribution in [0.5, 0.6) is 0 Å². The minimum Gasteiger partial charge on any atom is -0.344 e. The maximum Gasteiger partial charge on any atom is 0.452 e. The average molecular weight is 620 g/mol. The Balaban J connectivity index is 2.44. The molecule has 0 fully saturated rings. The molecule has 2 aromatic carbocycles. The zero-order valence-corrected chi connectivity index (χ0v) is 24.6. The lowest BCUT2D eigenvalue weighted by Crippen LogP contribution is -2.58. The van der Waals surface area contributed by atoms with Gasteiger partial charge in [-0.05, 0) is 35.9 Å². The average Bonchev–Trinajstić information content (AvgIpc) is 2.94. The Kier molecular flexibility index (Phi) is 13.3. The number of hydrogen-bond donors (Lipinski definition) is 3. The third-order valence-corrected chi connectivity index (χ3v) is 6.39. The molecular weight excluding hydrogens is 587 g/mol. The number of ketones is 1. The fourth-order valence-corrected chi connectivity index (χ4v) is 4.25. The number of halogens is 4. The molecule has 230 valence electrons. The van der Waals surface area contributed by atoms with E-state index in [0.29, 0.717) is 16.1 Å². The largest absolute Gasteiger partial charge is 0.452 e. The summed E-state index contributed by atoms with van der Waals surface area (Å²) in [5, 5.41) is 7.68. The summed E-state index contributed by atoms with van der Waals surface area (Å²) in [5.74, 6) is -5.55. The second kappa shape index (κ2) is 16.4. The number of nitrogens with one attached hydrogen (secondary N) is 3. The van der Waals surface area contributed by atoms with Crippen LogP contribution in [0.1, 0.15) is 25.0 Å². The molecule has 0 unspecified atom stereocenters. The third-order valence-electron chi connectivity index (χ3n) is 6.15. The second-order valence-electron chi connectivity index (χ2n) is 9.86. The first-order chi connectivity index (χ1) is 20.3. The molecular formula is C30H33ClF3N5O4. The van der Waals surface area contributed by atoms with E-state index in [1.165, 1.54) is 27.1 Å². The molecule has 3 N–H and O–H groups in total. The fourth-order valence-electron chi connectivity index (χ4n) is 4.04. The summed E-state index contributed by atoms with van der Waals surface area (Å²) < 4.78 is 39.8. The van der Waals surface area contributed by atoms with Crippen LogP contribution >= 0.6 is 11.6 Å². The van der Waals surface area contributed by atoms with Crippen LogP contribution in [0.2, 0.25) is 5.02 Å². The van der Waals surface area contributed by atoms with E-state index < -0.39 is 53.7 Å². The van der Waals surface area contributed by atoms with Crippen LogP contribution in [0.4, 0.5) is 13.2 Å². The Morgan fingerprint density at radius 2 is 1.49 bits per heavy atom. The van der Waals surface area contributed by atoms with Crippen molar-refractivity contribution in [2.45, 2.75) is 51.0 Å². The topological polar surface area (TPSA) is 129 Å². The maximum atomic E-state index is 13.6. The Bertz CT molecular complexity index is 1360. The number of alkyl halides is 3. The van der Waals surface area contributed by atoms with Crippen molar-refractivity contribution in [3.63, 3.8) is 0 Å². The minimum atomic E-state index is -5.18. The number of carbonyl (C=O) groups is 4. The van der Waals surface area contributed by atoms with Gasteiger partial charge in [-0.2, -0.15) is 13.2 Å². The van der Waals surface area contributed by atoms with Crippen LogP contribution in [-0.4, -0.2) is 67.8 Å². The predicted octanol–water partition coefficient (Wildman–Crippen LogP) is 3.65. The van der Waals surface area contributed by atoms with E-state index in [2.05, 4.69) is 32.7 Å². The summed E-state index contributed by atoms with van der Waals surface area (Å²) in [5.41, 5.74) is 1.15.